The van der Waals surface area contributed by atoms with Crippen LogP contribution in [-0.4, -0.2) is 37.0 Å². The Labute approximate surface area is 151 Å². The number of halogens is 2. The molecule has 6 nitrogen and oxygen atoms in total. The molecule has 0 unspecified atom stereocenters. The fourth-order valence-corrected chi connectivity index (χ4v) is 3.24. The first-order valence-electron chi connectivity index (χ1n) is 8.59. The second-order valence-corrected chi connectivity index (χ2v) is 6.71. The molecule has 5 rings (SSSR count). The highest BCUT2D eigenvalue weighted by atomic mass is 19.3. The summed E-state index contributed by atoms with van der Waals surface area (Å²) < 4.78 is 29.3. The van der Waals surface area contributed by atoms with Gasteiger partial charge in [-0.1, -0.05) is 6.08 Å². The number of nitrogens with one attached hydrogen (secondary N) is 1. The third-order valence-corrected chi connectivity index (χ3v) is 4.85. The third kappa shape index (κ3) is 2.61. The number of alkyl halides is 2. The van der Waals surface area contributed by atoms with Crippen molar-refractivity contribution in [2.75, 3.05) is 11.9 Å². The standard InChI is InChI=1S/C18H16F2N6.2H2/c19-18(20,11-1-2-11)10-22-17-21-9-13-12(3-4-14(13)25-17)15-6-8-26-16(24-15)5-7-23-26;;/h3,5-9,11H,1-2,4,10H2,(H,21,22,25);2*1H. The molecular weight excluding hydrogens is 338 g/mol. The summed E-state index contributed by atoms with van der Waals surface area (Å²) in [5.41, 5.74) is 4.25. The van der Waals surface area contributed by atoms with E-state index in [4.69, 9.17) is 0 Å². The molecule has 3 aromatic rings. The molecule has 0 bridgehead atoms. The van der Waals surface area contributed by atoms with Gasteiger partial charge in [0.15, 0.2) is 5.65 Å². The van der Waals surface area contributed by atoms with Crippen LogP contribution < -0.4 is 5.32 Å². The van der Waals surface area contributed by atoms with Gasteiger partial charge in [-0.2, -0.15) is 5.10 Å². The average Bonchev–Trinajstić information content (AvgIpc) is 3.27. The first kappa shape index (κ1) is 15.4. The number of nitrogens with zero attached hydrogens (tertiary/aromatic N) is 5. The molecule has 1 fully saturated rings. The predicted molar refractivity (Wildman–Crippen MR) is 96.2 cm³/mol. The number of hydrogen-bond donors (Lipinski definition) is 1. The molecule has 0 atom stereocenters. The van der Waals surface area contributed by atoms with Crippen molar-refractivity contribution in [3.05, 3.63) is 53.8 Å². The van der Waals surface area contributed by atoms with Crippen LogP contribution in [0.1, 0.15) is 32.6 Å². The second-order valence-electron chi connectivity index (χ2n) is 6.71. The fourth-order valence-electron chi connectivity index (χ4n) is 3.24. The monoisotopic (exact) mass is 358 g/mol. The number of allylic oxidation sites excluding steroid dienone is 1. The first-order valence-corrected chi connectivity index (χ1v) is 8.59. The highest BCUT2D eigenvalue weighted by Gasteiger charge is 2.46. The van der Waals surface area contributed by atoms with Crippen molar-refractivity contribution in [3.8, 4) is 0 Å². The minimum absolute atomic E-state index is 0. The van der Waals surface area contributed by atoms with E-state index in [9.17, 15) is 8.78 Å². The predicted octanol–water partition coefficient (Wildman–Crippen LogP) is 3.46. The van der Waals surface area contributed by atoms with Crippen molar-refractivity contribution in [3.63, 3.8) is 0 Å². The molecule has 0 saturated heterocycles. The first-order chi connectivity index (χ1) is 12.6. The lowest BCUT2D eigenvalue weighted by molar-refractivity contribution is -0.00832. The normalized spacial score (nSPS) is 16.6. The van der Waals surface area contributed by atoms with Gasteiger partial charge < -0.3 is 5.32 Å². The van der Waals surface area contributed by atoms with E-state index in [2.05, 4.69) is 25.4 Å². The molecule has 3 heterocycles. The van der Waals surface area contributed by atoms with Crippen LogP contribution in [0.5, 0.6) is 0 Å². The highest BCUT2D eigenvalue weighted by molar-refractivity contribution is 5.82. The van der Waals surface area contributed by atoms with Gasteiger partial charge in [-0.05, 0) is 18.9 Å². The molecule has 0 spiro atoms. The van der Waals surface area contributed by atoms with Gasteiger partial charge in [-0.15, -0.1) is 0 Å². The van der Waals surface area contributed by atoms with E-state index in [1.165, 1.54) is 0 Å². The zero-order valence-corrected chi connectivity index (χ0v) is 13.9. The van der Waals surface area contributed by atoms with Crippen LogP contribution >= 0.6 is 0 Å². The Morgan fingerprint density at radius 1 is 1.27 bits per heavy atom. The fraction of sp³-hybridized carbons (Fsp3) is 0.333. The molecule has 0 aliphatic heterocycles. The van der Waals surface area contributed by atoms with Crippen LogP contribution in [-0.2, 0) is 6.42 Å². The Bertz CT molecular complexity index is 1030. The van der Waals surface area contributed by atoms with Crippen LogP contribution in [0.25, 0.3) is 11.2 Å². The number of rotatable bonds is 5. The summed E-state index contributed by atoms with van der Waals surface area (Å²) in [4.78, 5) is 13.2. The average molecular weight is 358 g/mol. The van der Waals surface area contributed by atoms with Crippen LogP contribution in [0.4, 0.5) is 14.7 Å². The summed E-state index contributed by atoms with van der Waals surface area (Å²) in [6, 6.07) is 3.73. The summed E-state index contributed by atoms with van der Waals surface area (Å²) in [5, 5.41) is 6.83. The second kappa shape index (κ2) is 5.55. The van der Waals surface area contributed by atoms with E-state index in [0.717, 1.165) is 28.2 Å². The molecule has 0 amide bonds. The Morgan fingerprint density at radius 2 is 2.15 bits per heavy atom. The maximum absolute atomic E-state index is 13.8. The van der Waals surface area contributed by atoms with Crippen molar-refractivity contribution >= 4 is 17.2 Å². The summed E-state index contributed by atoms with van der Waals surface area (Å²) >= 11 is 0. The maximum Gasteiger partial charge on any atom is 0.267 e. The summed E-state index contributed by atoms with van der Waals surface area (Å²) in [6.45, 7) is -0.420. The van der Waals surface area contributed by atoms with Crippen LogP contribution in [0.3, 0.4) is 0 Å². The topological polar surface area (TPSA) is 68.0 Å². The largest absolute Gasteiger partial charge is 0.348 e. The van der Waals surface area contributed by atoms with Gasteiger partial charge >= 0.3 is 0 Å². The Morgan fingerprint density at radius 3 is 3.00 bits per heavy atom. The number of anilines is 1. The number of fused-ring (bicyclic) bond motifs is 2. The minimum atomic E-state index is -2.70. The van der Waals surface area contributed by atoms with Crippen LogP contribution in [0, 0.1) is 5.92 Å². The lowest BCUT2D eigenvalue weighted by Gasteiger charge is -2.16. The Hall–Kier alpha value is -2.90. The van der Waals surface area contributed by atoms with Gasteiger partial charge in [0, 0.05) is 44.8 Å². The van der Waals surface area contributed by atoms with E-state index in [1.54, 1.807) is 16.9 Å². The molecule has 2 aliphatic rings. The zero-order valence-electron chi connectivity index (χ0n) is 13.9. The Kier molecular flexibility index (Phi) is 3.28. The molecule has 26 heavy (non-hydrogen) atoms. The lowest BCUT2D eigenvalue weighted by Crippen LogP contribution is -2.30. The number of aromatic nitrogens is 5. The summed E-state index contributed by atoms with van der Waals surface area (Å²) in [6.07, 6.45) is 9.10. The van der Waals surface area contributed by atoms with Gasteiger partial charge in [-0.25, -0.2) is 28.2 Å². The van der Waals surface area contributed by atoms with E-state index < -0.39 is 18.4 Å². The minimum Gasteiger partial charge on any atom is -0.348 e. The van der Waals surface area contributed by atoms with Gasteiger partial charge in [0.25, 0.3) is 5.92 Å². The van der Waals surface area contributed by atoms with Crippen molar-refractivity contribution in [1.82, 2.24) is 24.6 Å². The molecule has 0 aromatic carbocycles. The molecule has 8 heteroatoms. The SMILES string of the molecule is FC(F)(CNc1ncc2c(n1)CC=C2c1ccn2nccc2n1)C1CC1.[HH].[HH]. The van der Waals surface area contributed by atoms with Gasteiger partial charge in [-0.3, -0.25) is 0 Å². The molecule has 1 N–H and O–H groups in total. The summed E-state index contributed by atoms with van der Waals surface area (Å²) in [7, 11) is 0. The molecule has 2 aliphatic carbocycles. The van der Waals surface area contributed by atoms with Crippen LogP contribution in [0.15, 0.2) is 36.8 Å². The quantitative estimate of drug-likeness (QED) is 0.756. The van der Waals surface area contributed by atoms with Crippen molar-refractivity contribution < 1.29 is 11.6 Å². The van der Waals surface area contributed by atoms with E-state index in [-0.39, 0.29) is 8.80 Å². The summed E-state index contributed by atoms with van der Waals surface area (Å²) in [5.74, 6) is -2.95. The van der Waals surface area contributed by atoms with Gasteiger partial charge in [0.1, 0.15) is 0 Å². The Balaban J connectivity index is 0.00000112. The van der Waals surface area contributed by atoms with E-state index in [1.807, 2.05) is 24.4 Å². The van der Waals surface area contributed by atoms with Crippen molar-refractivity contribution in [1.29, 1.82) is 0 Å². The maximum atomic E-state index is 13.8. The number of hydrogen-bond acceptors (Lipinski definition) is 5. The molecule has 136 valence electrons. The van der Waals surface area contributed by atoms with E-state index >= 15 is 0 Å². The molecular formula is C18H20F2N6. The van der Waals surface area contributed by atoms with Gasteiger partial charge in [0.05, 0.1) is 24.1 Å². The van der Waals surface area contributed by atoms with Gasteiger partial charge in [0.2, 0.25) is 5.95 Å². The van der Waals surface area contributed by atoms with Crippen molar-refractivity contribution in [2.24, 2.45) is 5.92 Å². The molecule has 0 radical (unpaired) electrons. The zero-order chi connectivity index (χ0) is 17.7. The van der Waals surface area contributed by atoms with Crippen molar-refractivity contribution in [2.45, 2.75) is 25.2 Å². The molecule has 1 saturated carbocycles. The third-order valence-electron chi connectivity index (χ3n) is 4.85. The molecule has 3 aromatic heterocycles. The van der Waals surface area contributed by atoms with E-state index in [0.29, 0.717) is 19.3 Å². The lowest BCUT2D eigenvalue weighted by atomic mass is 10.1. The smallest absolute Gasteiger partial charge is 0.267 e. The highest BCUT2D eigenvalue weighted by Crippen LogP contribution is 2.43. The van der Waals surface area contributed by atoms with Crippen LogP contribution in [0.2, 0.25) is 0 Å².